The topological polar surface area (TPSA) is 99.3 Å². The Morgan fingerprint density at radius 2 is 1.52 bits per heavy atom. The van der Waals surface area contributed by atoms with Gasteiger partial charge in [-0.05, 0) is 54.8 Å². The molecule has 1 aliphatic carbocycles. The summed E-state index contributed by atoms with van der Waals surface area (Å²) in [5.74, 6) is -0.0788. The molecule has 4 N–H and O–H groups in total. The van der Waals surface area contributed by atoms with Crippen molar-refractivity contribution in [3.63, 3.8) is 0 Å². The van der Waals surface area contributed by atoms with E-state index in [1.165, 1.54) is 0 Å². The summed E-state index contributed by atoms with van der Waals surface area (Å²) in [6.07, 6.45) is 1.89. The monoisotopic (exact) mass is 414 g/mol. The van der Waals surface area contributed by atoms with E-state index in [0.29, 0.717) is 35.9 Å². The Labute approximate surface area is 174 Å². The molecule has 1 aliphatic rings. The molecule has 1 fully saturated rings. The minimum Gasteiger partial charge on any atom is -0.350 e. The highest BCUT2D eigenvalue weighted by molar-refractivity contribution is 6.30. The van der Waals surface area contributed by atoms with Gasteiger partial charge in [0.1, 0.15) is 0 Å². The largest absolute Gasteiger partial charge is 0.350 e. The lowest BCUT2D eigenvalue weighted by Crippen LogP contribution is -2.40. The Balaban J connectivity index is 1.32. The molecule has 0 aliphatic heterocycles. The van der Waals surface area contributed by atoms with Crippen LogP contribution in [0.1, 0.15) is 28.8 Å². The summed E-state index contributed by atoms with van der Waals surface area (Å²) >= 11 is 5.82. The molecular formula is C21H23ClN4O3. The third kappa shape index (κ3) is 6.80. The predicted molar refractivity (Wildman–Crippen MR) is 112 cm³/mol. The van der Waals surface area contributed by atoms with Gasteiger partial charge in [0.05, 0.1) is 0 Å². The second-order valence-corrected chi connectivity index (χ2v) is 7.27. The van der Waals surface area contributed by atoms with Gasteiger partial charge in [-0.2, -0.15) is 0 Å². The number of carbonyl (C=O) groups excluding carboxylic acids is 3. The SMILES string of the molecule is O=C(NCCNC(=O)c1ccc(NC(=O)C2CC2)cc1)NCc1ccc(Cl)cc1. The highest BCUT2D eigenvalue weighted by atomic mass is 35.5. The maximum Gasteiger partial charge on any atom is 0.315 e. The smallest absolute Gasteiger partial charge is 0.315 e. The number of amides is 4. The third-order valence-electron chi connectivity index (χ3n) is 4.43. The van der Waals surface area contributed by atoms with Crippen molar-refractivity contribution in [3.8, 4) is 0 Å². The summed E-state index contributed by atoms with van der Waals surface area (Å²) in [6.45, 7) is 0.986. The summed E-state index contributed by atoms with van der Waals surface area (Å²) < 4.78 is 0. The van der Waals surface area contributed by atoms with Gasteiger partial charge in [0.25, 0.3) is 5.91 Å². The van der Waals surface area contributed by atoms with E-state index in [1.807, 2.05) is 12.1 Å². The number of carbonyl (C=O) groups is 3. The number of urea groups is 1. The van der Waals surface area contributed by atoms with Gasteiger partial charge in [-0.15, -0.1) is 0 Å². The second-order valence-electron chi connectivity index (χ2n) is 6.83. The van der Waals surface area contributed by atoms with Crippen LogP contribution in [-0.4, -0.2) is 30.9 Å². The van der Waals surface area contributed by atoms with Crippen molar-refractivity contribution in [2.45, 2.75) is 19.4 Å². The molecule has 2 aromatic carbocycles. The van der Waals surface area contributed by atoms with Crippen LogP contribution >= 0.6 is 11.6 Å². The average molecular weight is 415 g/mol. The molecule has 0 heterocycles. The third-order valence-corrected chi connectivity index (χ3v) is 4.68. The lowest BCUT2D eigenvalue weighted by atomic mass is 10.2. The Kier molecular flexibility index (Phi) is 7.08. The quantitative estimate of drug-likeness (QED) is 0.500. The lowest BCUT2D eigenvalue weighted by molar-refractivity contribution is -0.117. The molecular weight excluding hydrogens is 392 g/mol. The zero-order valence-corrected chi connectivity index (χ0v) is 16.6. The lowest BCUT2D eigenvalue weighted by Gasteiger charge is -2.09. The summed E-state index contributed by atoms with van der Waals surface area (Å²) in [4.78, 5) is 35.7. The van der Waals surface area contributed by atoms with E-state index in [9.17, 15) is 14.4 Å². The number of rotatable bonds is 8. The Morgan fingerprint density at radius 1 is 0.862 bits per heavy atom. The van der Waals surface area contributed by atoms with E-state index in [-0.39, 0.29) is 23.8 Å². The maximum absolute atomic E-state index is 12.1. The Bertz CT molecular complexity index is 864. The molecule has 2 aromatic rings. The molecule has 0 aromatic heterocycles. The van der Waals surface area contributed by atoms with Crippen molar-refractivity contribution in [2.75, 3.05) is 18.4 Å². The van der Waals surface area contributed by atoms with Crippen LogP contribution < -0.4 is 21.3 Å². The molecule has 152 valence electrons. The first-order chi connectivity index (χ1) is 14.0. The van der Waals surface area contributed by atoms with Crippen molar-refractivity contribution >= 4 is 35.1 Å². The predicted octanol–water partition coefficient (Wildman–Crippen LogP) is 2.92. The Morgan fingerprint density at radius 3 is 2.17 bits per heavy atom. The van der Waals surface area contributed by atoms with Crippen LogP contribution in [0, 0.1) is 5.92 Å². The van der Waals surface area contributed by atoms with Gasteiger partial charge >= 0.3 is 6.03 Å². The van der Waals surface area contributed by atoms with Crippen LogP contribution in [-0.2, 0) is 11.3 Å². The molecule has 0 unspecified atom stereocenters. The van der Waals surface area contributed by atoms with Crippen LogP contribution in [0.15, 0.2) is 48.5 Å². The first-order valence-electron chi connectivity index (χ1n) is 9.46. The summed E-state index contributed by atoms with van der Waals surface area (Å²) in [6, 6.07) is 13.6. The number of hydrogen-bond acceptors (Lipinski definition) is 3. The maximum atomic E-state index is 12.1. The van der Waals surface area contributed by atoms with Gasteiger partial charge in [0.2, 0.25) is 5.91 Å². The highest BCUT2D eigenvalue weighted by Gasteiger charge is 2.29. The van der Waals surface area contributed by atoms with Gasteiger partial charge in [-0.1, -0.05) is 23.7 Å². The highest BCUT2D eigenvalue weighted by Crippen LogP contribution is 2.30. The number of nitrogens with one attached hydrogen (secondary N) is 4. The van der Waals surface area contributed by atoms with Crippen molar-refractivity contribution in [3.05, 3.63) is 64.7 Å². The standard InChI is InChI=1S/C21H23ClN4O3/c22-17-7-1-14(2-8-17)13-25-21(29)24-12-11-23-19(27)15-5-9-18(10-6-15)26-20(28)16-3-4-16/h1-2,5-10,16H,3-4,11-13H2,(H,23,27)(H,26,28)(H2,24,25,29). The molecule has 0 radical (unpaired) electrons. The van der Waals surface area contributed by atoms with Gasteiger partial charge < -0.3 is 21.3 Å². The van der Waals surface area contributed by atoms with Crippen LogP contribution in [0.3, 0.4) is 0 Å². The molecule has 7 nitrogen and oxygen atoms in total. The molecule has 4 amide bonds. The normalized spacial score (nSPS) is 12.7. The van der Waals surface area contributed by atoms with E-state index in [0.717, 1.165) is 18.4 Å². The molecule has 0 saturated heterocycles. The van der Waals surface area contributed by atoms with Gasteiger partial charge in [0, 0.05) is 41.8 Å². The molecule has 0 bridgehead atoms. The van der Waals surface area contributed by atoms with Crippen molar-refractivity contribution < 1.29 is 14.4 Å². The first-order valence-corrected chi connectivity index (χ1v) is 9.84. The molecule has 0 spiro atoms. The van der Waals surface area contributed by atoms with Crippen molar-refractivity contribution in [2.24, 2.45) is 5.92 Å². The van der Waals surface area contributed by atoms with Crippen LogP contribution in [0.5, 0.6) is 0 Å². The fourth-order valence-electron chi connectivity index (χ4n) is 2.60. The summed E-state index contributed by atoms with van der Waals surface area (Å²) in [7, 11) is 0. The van der Waals surface area contributed by atoms with E-state index >= 15 is 0 Å². The van der Waals surface area contributed by atoms with Gasteiger partial charge in [-0.3, -0.25) is 9.59 Å². The number of hydrogen-bond donors (Lipinski definition) is 4. The molecule has 0 atom stereocenters. The fourth-order valence-corrected chi connectivity index (χ4v) is 2.72. The first kappa shape index (κ1) is 20.7. The molecule has 1 saturated carbocycles. The zero-order valence-electron chi connectivity index (χ0n) is 15.8. The van der Waals surface area contributed by atoms with Gasteiger partial charge in [0.15, 0.2) is 0 Å². The van der Waals surface area contributed by atoms with Crippen molar-refractivity contribution in [1.82, 2.24) is 16.0 Å². The summed E-state index contributed by atoms with van der Waals surface area (Å²) in [5.41, 5.74) is 2.11. The molecule has 8 heteroatoms. The second kappa shape index (κ2) is 9.93. The minimum atomic E-state index is -0.315. The Hall–Kier alpha value is -3.06. The fraction of sp³-hybridized carbons (Fsp3) is 0.286. The van der Waals surface area contributed by atoms with E-state index in [4.69, 9.17) is 11.6 Å². The minimum absolute atomic E-state index is 0.0302. The summed E-state index contributed by atoms with van der Waals surface area (Å²) in [5, 5.41) is 11.6. The van der Waals surface area contributed by atoms with Crippen LogP contribution in [0.2, 0.25) is 5.02 Å². The number of anilines is 1. The number of halogens is 1. The van der Waals surface area contributed by atoms with E-state index in [2.05, 4.69) is 21.3 Å². The number of benzene rings is 2. The van der Waals surface area contributed by atoms with E-state index < -0.39 is 0 Å². The van der Waals surface area contributed by atoms with Crippen molar-refractivity contribution in [1.29, 1.82) is 0 Å². The van der Waals surface area contributed by atoms with Crippen LogP contribution in [0.4, 0.5) is 10.5 Å². The molecule has 29 heavy (non-hydrogen) atoms. The zero-order chi connectivity index (χ0) is 20.6. The van der Waals surface area contributed by atoms with Crippen LogP contribution in [0.25, 0.3) is 0 Å². The average Bonchev–Trinajstić information content (AvgIpc) is 3.57. The van der Waals surface area contributed by atoms with Gasteiger partial charge in [-0.25, -0.2) is 4.79 Å². The molecule has 3 rings (SSSR count). The van der Waals surface area contributed by atoms with E-state index in [1.54, 1.807) is 36.4 Å².